The highest BCUT2D eigenvalue weighted by atomic mass is 35.5. The van der Waals surface area contributed by atoms with E-state index in [0.29, 0.717) is 22.7 Å². The number of hydrogen-bond donors (Lipinski definition) is 0. The second kappa shape index (κ2) is 7.06. The van der Waals surface area contributed by atoms with Gasteiger partial charge in [0.05, 0.1) is 28.5 Å². The Morgan fingerprint density at radius 1 is 1.00 bits per heavy atom. The first kappa shape index (κ1) is 18.3. The molecule has 0 radical (unpaired) electrons. The monoisotopic (exact) mass is 427 g/mol. The van der Waals surface area contributed by atoms with E-state index < -0.39 is 0 Å². The minimum Gasteiger partial charge on any atom is -0.461 e. The number of ketones is 1. The van der Waals surface area contributed by atoms with Gasteiger partial charge >= 0.3 is 0 Å². The number of allylic oxidation sites excluding steroid dienone is 2. The molecule has 1 unspecified atom stereocenters. The molecule has 0 bridgehead atoms. The second-order valence-electron chi connectivity index (χ2n) is 7.89. The molecule has 0 fully saturated rings. The molecule has 1 aliphatic carbocycles. The molecular weight excluding hydrogens is 410 g/mol. The summed E-state index contributed by atoms with van der Waals surface area (Å²) in [5.41, 5.74) is 3.14. The lowest BCUT2D eigenvalue weighted by Crippen LogP contribution is -2.26. The molecule has 5 nitrogen and oxygen atoms in total. The molecule has 31 heavy (non-hydrogen) atoms. The summed E-state index contributed by atoms with van der Waals surface area (Å²) in [7, 11) is 0. The van der Waals surface area contributed by atoms with Gasteiger partial charge < -0.3 is 4.74 Å². The molecule has 6 rings (SSSR count). The summed E-state index contributed by atoms with van der Waals surface area (Å²) in [6.07, 6.45) is 3.95. The number of para-hydroxylation sites is 1. The summed E-state index contributed by atoms with van der Waals surface area (Å²) in [5, 5.41) is 11.6. The number of carbonyl (C=O) groups excluding carboxylic acids is 1. The van der Waals surface area contributed by atoms with Crippen LogP contribution in [0.4, 0.5) is 0 Å². The lowest BCUT2D eigenvalue weighted by molar-refractivity contribution is -0.116. The highest BCUT2D eigenvalue weighted by molar-refractivity contribution is 6.32. The largest absolute Gasteiger partial charge is 0.461 e. The number of halogens is 1. The topological polar surface area (TPSA) is 57.0 Å². The number of benzene rings is 3. The number of ether oxygens (including phenoxy) is 1. The van der Waals surface area contributed by atoms with Crippen LogP contribution in [-0.4, -0.2) is 20.8 Å². The zero-order chi connectivity index (χ0) is 20.9. The van der Waals surface area contributed by atoms with E-state index in [9.17, 15) is 4.79 Å². The van der Waals surface area contributed by atoms with Gasteiger partial charge in [-0.2, -0.15) is 0 Å². The second-order valence-corrected chi connectivity index (χ2v) is 8.29. The van der Waals surface area contributed by atoms with Crippen molar-refractivity contribution in [1.29, 1.82) is 0 Å². The molecule has 0 N–H and O–H groups in total. The molecule has 0 saturated heterocycles. The molecule has 1 atom stereocenters. The SMILES string of the molecule is O=C1CCCC2=C1C(c1cn(-c3ccccc3Cl)nn1)c1c(ccc3ccccc13)O2. The number of nitrogens with zero attached hydrogens (tertiary/aromatic N) is 3. The predicted octanol–water partition coefficient (Wildman–Crippen LogP) is 5.61. The third kappa shape index (κ3) is 2.88. The van der Waals surface area contributed by atoms with Crippen LogP contribution < -0.4 is 4.74 Å². The third-order valence-corrected chi connectivity index (χ3v) is 6.38. The number of hydrogen-bond acceptors (Lipinski definition) is 4. The van der Waals surface area contributed by atoms with Gasteiger partial charge in [0.25, 0.3) is 0 Å². The summed E-state index contributed by atoms with van der Waals surface area (Å²) >= 11 is 6.37. The van der Waals surface area contributed by atoms with Gasteiger partial charge in [-0.15, -0.1) is 5.10 Å². The standard InChI is InChI=1S/C25H18ClN3O2/c26-17-8-3-4-9-19(17)29-14-18(27-28-29)24-23-16-7-2-1-6-15(16)12-13-22(23)31-21-11-5-10-20(30)25(21)24/h1-4,6-9,12-14,24H,5,10-11H2. The number of Topliss-reactive ketones (excluding diaryl/α,β-unsaturated/α-hetero) is 1. The smallest absolute Gasteiger partial charge is 0.163 e. The summed E-state index contributed by atoms with van der Waals surface area (Å²) in [5.74, 6) is 1.34. The van der Waals surface area contributed by atoms with Crippen molar-refractivity contribution in [2.45, 2.75) is 25.2 Å². The van der Waals surface area contributed by atoms with E-state index in [1.165, 1.54) is 0 Å². The Balaban J connectivity index is 1.59. The molecule has 0 saturated carbocycles. The van der Waals surface area contributed by atoms with Crippen LogP contribution in [0, 0.1) is 0 Å². The number of rotatable bonds is 2. The minimum atomic E-state index is -0.325. The van der Waals surface area contributed by atoms with Crippen LogP contribution in [-0.2, 0) is 4.79 Å². The lowest BCUT2D eigenvalue weighted by Gasteiger charge is -2.32. The molecule has 152 valence electrons. The van der Waals surface area contributed by atoms with E-state index in [1.807, 2.05) is 48.7 Å². The Bertz CT molecular complexity index is 1390. The number of carbonyl (C=O) groups is 1. The van der Waals surface area contributed by atoms with E-state index in [1.54, 1.807) is 4.68 Å². The average Bonchev–Trinajstić information content (AvgIpc) is 3.27. The van der Waals surface area contributed by atoms with Crippen molar-refractivity contribution in [3.05, 3.63) is 94.5 Å². The molecule has 0 amide bonds. The number of fused-ring (bicyclic) bond motifs is 3. The van der Waals surface area contributed by atoms with E-state index in [2.05, 4.69) is 28.5 Å². The molecule has 1 aromatic heterocycles. The van der Waals surface area contributed by atoms with Crippen molar-refractivity contribution >= 4 is 28.2 Å². The molecular formula is C25H18ClN3O2. The van der Waals surface area contributed by atoms with Gasteiger partial charge in [0, 0.05) is 24.0 Å². The number of aromatic nitrogens is 3. The van der Waals surface area contributed by atoms with Crippen LogP contribution in [0.15, 0.2) is 78.2 Å². The Morgan fingerprint density at radius 3 is 2.74 bits per heavy atom. The summed E-state index contributed by atoms with van der Waals surface area (Å²) in [6.45, 7) is 0. The fourth-order valence-corrected chi connectivity index (χ4v) is 4.88. The van der Waals surface area contributed by atoms with Crippen molar-refractivity contribution in [3.63, 3.8) is 0 Å². The quantitative estimate of drug-likeness (QED) is 0.417. The van der Waals surface area contributed by atoms with Gasteiger partial charge in [-0.3, -0.25) is 4.79 Å². The first-order chi connectivity index (χ1) is 15.2. The Morgan fingerprint density at radius 2 is 1.84 bits per heavy atom. The van der Waals surface area contributed by atoms with Crippen molar-refractivity contribution in [1.82, 2.24) is 15.0 Å². The zero-order valence-corrected chi connectivity index (χ0v) is 17.3. The van der Waals surface area contributed by atoms with E-state index in [4.69, 9.17) is 16.3 Å². The lowest BCUT2D eigenvalue weighted by atomic mass is 9.77. The molecule has 0 spiro atoms. The maximum absolute atomic E-state index is 13.1. The fourth-order valence-electron chi connectivity index (χ4n) is 4.66. The molecule has 2 aliphatic rings. The first-order valence-electron chi connectivity index (χ1n) is 10.3. The van der Waals surface area contributed by atoms with Gasteiger partial charge in [0.1, 0.15) is 11.5 Å². The maximum Gasteiger partial charge on any atom is 0.163 e. The average molecular weight is 428 g/mol. The zero-order valence-electron chi connectivity index (χ0n) is 16.6. The maximum atomic E-state index is 13.1. The van der Waals surface area contributed by atoms with Crippen LogP contribution in [0.5, 0.6) is 5.75 Å². The highest BCUT2D eigenvalue weighted by Crippen LogP contribution is 2.48. The van der Waals surface area contributed by atoms with Gasteiger partial charge in [-0.25, -0.2) is 4.68 Å². The van der Waals surface area contributed by atoms with Gasteiger partial charge in [-0.05, 0) is 35.4 Å². The molecule has 1 aliphatic heterocycles. The van der Waals surface area contributed by atoms with Gasteiger partial charge in [0.2, 0.25) is 0 Å². The van der Waals surface area contributed by atoms with Crippen molar-refractivity contribution in [2.75, 3.05) is 0 Å². The van der Waals surface area contributed by atoms with Gasteiger partial charge in [-0.1, -0.05) is 59.3 Å². The van der Waals surface area contributed by atoms with E-state index >= 15 is 0 Å². The highest BCUT2D eigenvalue weighted by Gasteiger charge is 2.39. The third-order valence-electron chi connectivity index (χ3n) is 6.06. The summed E-state index contributed by atoms with van der Waals surface area (Å²) < 4.78 is 7.93. The van der Waals surface area contributed by atoms with E-state index in [-0.39, 0.29) is 11.7 Å². The fraction of sp³-hybridized carbons (Fsp3) is 0.160. The van der Waals surface area contributed by atoms with Gasteiger partial charge in [0.15, 0.2) is 5.78 Å². The molecule has 4 aromatic rings. The van der Waals surface area contributed by atoms with Crippen LogP contribution >= 0.6 is 11.6 Å². The molecule has 2 heterocycles. The summed E-state index contributed by atoms with van der Waals surface area (Å²) in [6, 6.07) is 19.7. The van der Waals surface area contributed by atoms with Crippen LogP contribution in [0.2, 0.25) is 5.02 Å². The Kier molecular flexibility index (Phi) is 4.18. The van der Waals surface area contributed by atoms with E-state index in [0.717, 1.165) is 46.4 Å². The minimum absolute atomic E-state index is 0.122. The van der Waals surface area contributed by atoms with Crippen molar-refractivity contribution in [2.24, 2.45) is 0 Å². The summed E-state index contributed by atoms with van der Waals surface area (Å²) in [4.78, 5) is 13.1. The molecule has 6 heteroatoms. The first-order valence-corrected chi connectivity index (χ1v) is 10.7. The van der Waals surface area contributed by atoms with Crippen LogP contribution in [0.1, 0.15) is 36.4 Å². The normalized spacial score (nSPS) is 18.0. The van der Waals surface area contributed by atoms with Crippen LogP contribution in [0.25, 0.3) is 16.5 Å². The Labute approximate surface area is 183 Å². The van der Waals surface area contributed by atoms with Crippen molar-refractivity contribution in [3.8, 4) is 11.4 Å². The Hall–Kier alpha value is -3.44. The molecule has 3 aromatic carbocycles. The predicted molar refractivity (Wildman–Crippen MR) is 119 cm³/mol. The van der Waals surface area contributed by atoms with Crippen molar-refractivity contribution < 1.29 is 9.53 Å². The van der Waals surface area contributed by atoms with Crippen LogP contribution in [0.3, 0.4) is 0 Å².